The highest BCUT2D eigenvalue weighted by atomic mass is 32.1. The standard InChI is InChI=1S/C22H27N3O3S/c1-22(2,3)16-11-9-15(10-12-16)19(26)25-21(29)24-18-8-6-5-7-17(18)20(27)23-13-14-28-4/h5-12H,13-14H2,1-4H3,(H,23,27)(H2,24,25,26,29). The third kappa shape index (κ3) is 6.66. The summed E-state index contributed by atoms with van der Waals surface area (Å²) in [5.74, 6) is -0.568. The largest absolute Gasteiger partial charge is 0.383 e. The number of thiocarbonyl (C=S) groups is 1. The minimum Gasteiger partial charge on any atom is -0.383 e. The molecule has 2 rings (SSSR count). The zero-order valence-corrected chi connectivity index (χ0v) is 18.0. The molecule has 29 heavy (non-hydrogen) atoms. The van der Waals surface area contributed by atoms with Gasteiger partial charge in [-0.05, 0) is 47.5 Å². The molecule has 154 valence electrons. The van der Waals surface area contributed by atoms with E-state index < -0.39 is 0 Å². The van der Waals surface area contributed by atoms with Crippen molar-refractivity contribution in [3.05, 3.63) is 65.2 Å². The van der Waals surface area contributed by atoms with E-state index in [1.807, 2.05) is 12.1 Å². The molecule has 0 fully saturated rings. The Morgan fingerprint density at radius 3 is 2.28 bits per heavy atom. The fraction of sp³-hybridized carbons (Fsp3) is 0.318. The van der Waals surface area contributed by atoms with Crippen LogP contribution in [0, 0.1) is 0 Å². The molecule has 0 aromatic heterocycles. The van der Waals surface area contributed by atoms with Crippen molar-refractivity contribution in [2.75, 3.05) is 25.6 Å². The predicted octanol–water partition coefficient (Wildman–Crippen LogP) is 3.49. The minimum atomic E-state index is -0.315. The molecule has 6 nitrogen and oxygen atoms in total. The smallest absolute Gasteiger partial charge is 0.257 e. The highest BCUT2D eigenvalue weighted by molar-refractivity contribution is 7.80. The maximum atomic E-state index is 12.5. The maximum Gasteiger partial charge on any atom is 0.257 e. The van der Waals surface area contributed by atoms with Gasteiger partial charge in [-0.15, -0.1) is 0 Å². The van der Waals surface area contributed by atoms with Gasteiger partial charge in [0, 0.05) is 19.2 Å². The summed E-state index contributed by atoms with van der Waals surface area (Å²) >= 11 is 5.25. The van der Waals surface area contributed by atoms with Crippen LogP contribution >= 0.6 is 12.2 Å². The van der Waals surface area contributed by atoms with Gasteiger partial charge in [0.05, 0.1) is 17.9 Å². The Hall–Kier alpha value is -2.77. The van der Waals surface area contributed by atoms with Crippen molar-refractivity contribution in [1.82, 2.24) is 10.6 Å². The molecule has 0 aliphatic rings. The van der Waals surface area contributed by atoms with Crippen molar-refractivity contribution in [3.63, 3.8) is 0 Å². The Kier molecular flexibility index (Phi) is 7.87. The summed E-state index contributed by atoms with van der Waals surface area (Å²) in [4.78, 5) is 24.8. The fourth-order valence-electron chi connectivity index (χ4n) is 2.60. The highest BCUT2D eigenvalue weighted by Gasteiger charge is 2.16. The van der Waals surface area contributed by atoms with Crippen LogP contribution in [0.2, 0.25) is 0 Å². The Morgan fingerprint density at radius 2 is 1.66 bits per heavy atom. The summed E-state index contributed by atoms with van der Waals surface area (Å²) in [5.41, 5.74) is 2.60. The van der Waals surface area contributed by atoms with Gasteiger partial charge < -0.3 is 15.4 Å². The van der Waals surface area contributed by atoms with Crippen LogP contribution in [0.1, 0.15) is 47.1 Å². The average molecular weight is 414 g/mol. The monoisotopic (exact) mass is 413 g/mol. The summed E-state index contributed by atoms with van der Waals surface area (Å²) in [6.07, 6.45) is 0. The van der Waals surface area contributed by atoms with Crippen LogP contribution < -0.4 is 16.0 Å². The molecular weight excluding hydrogens is 386 g/mol. The number of anilines is 1. The number of benzene rings is 2. The van der Waals surface area contributed by atoms with Crippen molar-refractivity contribution < 1.29 is 14.3 Å². The van der Waals surface area contributed by atoms with Crippen LogP contribution in [0.25, 0.3) is 0 Å². The van der Waals surface area contributed by atoms with Gasteiger partial charge in [0.15, 0.2) is 5.11 Å². The van der Waals surface area contributed by atoms with E-state index in [1.165, 1.54) is 0 Å². The fourth-order valence-corrected chi connectivity index (χ4v) is 2.81. The third-order valence-corrected chi connectivity index (χ3v) is 4.46. The summed E-state index contributed by atoms with van der Waals surface area (Å²) in [5, 5.41) is 8.46. The van der Waals surface area contributed by atoms with Crippen LogP contribution in [-0.4, -0.2) is 37.2 Å². The molecular formula is C22H27N3O3S. The van der Waals surface area contributed by atoms with Crippen molar-refractivity contribution in [3.8, 4) is 0 Å². The molecule has 0 aliphatic carbocycles. The zero-order valence-electron chi connectivity index (χ0n) is 17.2. The quantitative estimate of drug-likeness (QED) is 0.499. The first-order valence-electron chi connectivity index (χ1n) is 9.31. The predicted molar refractivity (Wildman–Crippen MR) is 119 cm³/mol. The third-order valence-electron chi connectivity index (χ3n) is 4.25. The Labute approximate surface area is 177 Å². The number of ether oxygens (including phenoxy) is 1. The van der Waals surface area contributed by atoms with E-state index >= 15 is 0 Å². The summed E-state index contributed by atoms with van der Waals surface area (Å²) < 4.78 is 4.94. The molecule has 0 unspecified atom stereocenters. The SMILES string of the molecule is COCCNC(=O)c1ccccc1NC(=S)NC(=O)c1ccc(C(C)(C)C)cc1. The number of amides is 2. The molecule has 2 amide bonds. The second kappa shape index (κ2) is 10.1. The topological polar surface area (TPSA) is 79.5 Å². The lowest BCUT2D eigenvalue weighted by atomic mass is 9.87. The molecule has 0 bridgehead atoms. The Bertz CT molecular complexity index is 874. The van der Waals surface area contributed by atoms with E-state index in [0.717, 1.165) is 5.56 Å². The van der Waals surface area contributed by atoms with Crippen LogP contribution in [0.15, 0.2) is 48.5 Å². The molecule has 0 heterocycles. The first-order valence-corrected chi connectivity index (χ1v) is 9.72. The van der Waals surface area contributed by atoms with E-state index in [1.54, 1.807) is 43.5 Å². The number of hydrogen-bond donors (Lipinski definition) is 3. The molecule has 2 aromatic rings. The normalized spacial score (nSPS) is 10.9. The van der Waals surface area contributed by atoms with Crippen molar-refractivity contribution in [1.29, 1.82) is 0 Å². The lowest BCUT2D eigenvalue weighted by Gasteiger charge is -2.19. The second-order valence-corrected chi connectivity index (χ2v) is 7.94. The van der Waals surface area contributed by atoms with Crippen LogP contribution in [0.5, 0.6) is 0 Å². The van der Waals surface area contributed by atoms with Gasteiger partial charge >= 0.3 is 0 Å². The first kappa shape index (κ1) is 22.5. The van der Waals surface area contributed by atoms with Crippen molar-refractivity contribution in [2.24, 2.45) is 0 Å². The number of carbonyl (C=O) groups excluding carboxylic acids is 2. The summed E-state index contributed by atoms with van der Waals surface area (Å²) in [6, 6.07) is 14.4. The number of methoxy groups -OCH3 is 1. The number of carbonyl (C=O) groups is 2. The number of nitrogens with one attached hydrogen (secondary N) is 3. The number of para-hydroxylation sites is 1. The van der Waals surface area contributed by atoms with E-state index in [2.05, 4.69) is 36.7 Å². The van der Waals surface area contributed by atoms with Gasteiger partial charge in [-0.1, -0.05) is 45.0 Å². The number of hydrogen-bond acceptors (Lipinski definition) is 4. The van der Waals surface area contributed by atoms with Gasteiger partial charge in [0.2, 0.25) is 0 Å². The van der Waals surface area contributed by atoms with E-state index in [4.69, 9.17) is 17.0 Å². The van der Waals surface area contributed by atoms with Crippen molar-refractivity contribution >= 4 is 34.8 Å². The average Bonchev–Trinajstić information content (AvgIpc) is 2.67. The molecule has 0 radical (unpaired) electrons. The van der Waals surface area contributed by atoms with E-state index in [-0.39, 0.29) is 22.3 Å². The van der Waals surface area contributed by atoms with Gasteiger partial charge in [-0.3, -0.25) is 14.9 Å². The first-order chi connectivity index (χ1) is 13.7. The highest BCUT2D eigenvalue weighted by Crippen LogP contribution is 2.22. The van der Waals surface area contributed by atoms with Crippen LogP contribution in [0.4, 0.5) is 5.69 Å². The summed E-state index contributed by atoms with van der Waals surface area (Å²) in [6.45, 7) is 7.16. The summed E-state index contributed by atoms with van der Waals surface area (Å²) in [7, 11) is 1.57. The molecule has 0 atom stereocenters. The van der Waals surface area contributed by atoms with Crippen molar-refractivity contribution in [2.45, 2.75) is 26.2 Å². The van der Waals surface area contributed by atoms with Crippen LogP contribution in [0.3, 0.4) is 0 Å². The van der Waals surface area contributed by atoms with Gasteiger partial charge in [-0.2, -0.15) is 0 Å². The van der Waals surface area contributed by atoms with Gasteiger partial charge in [0.1, 0.15) is 0 Å². The molecule has 7 heteroatoms. The molecule has 0 saturated carbocycles. The Morgan fingerprint density at radius 1 is 1.00 bits per heavy atom. The number of rotatable bonds is 6. The Balaban J connectivity index is 2.02. The van der Waals surface area contributed by atoms with Gasteiger partial charge in [-0.25, -0.2) is 0 Å². The zero-order chi connectivity index (χ0) is 21.4. The molecule has 2 aromatic carbocycles. The maximum absolute atomic E-state index is 12.5. The molecule has 0 aliphatic heterocycles. The second-order valence-electron chi connectivity index (χ2n) is 7.53. The minimum absolute atomic E-state index is 0.0133. The van der Waals surface area contributed by atoms with E-state index in [0.29, 0.717) is 30.0 Å². The lowest BCUT2D eigenvalue weighted by molar-refractivity contribution is 0.0937. The lowest BCUT2D eigenvalue weighted by Crippen LogP contribution is -2.35. The molecule has 3 N–H and O–H groups in total. The van der Waals surface area contributed by atoms with E-state index in [9.17, 15) is 9.59 Å². The van der Waals surface area contributed by atoms with Crippen LogP contribution in [-0.2, 0) is 10.2 Å². The molecule has 0 spiro atoms. The van der Waals surface area contributed by atoms with Gasteiger partial charge in [0.25, 0.3) is 11.8 Å². The molecule has 0 saturated heterocycles.